The lowest BCUT2D eigenvalue weighted by atomic mass is 10.2. The zero-order chi connectivity index (χ0) is 18.3. The highest BCUT2D eigenvalue weighted by molar-refractivity contribution is 7.98. The molecule has 0 bridgehead atoms. The Labute approximate surface area is 153 Å². The number of aromatic nitrogens is 5. The number of nitrogens with one attached hydrogen (secondary N) is 1. The molecule has 1 N–H and O–H groups in total. The molecule has 136 valence electrons. The van der Waals surface area contributed by atoms with E-state index in [2.05, 4.69) is 20.2 Å². The van der Waals surface area contributed by atoms with E-state index in [1.165, 1.54) is 31.7 Å². The van der Waals surface area contributed by atoms with Crippen LogP contribution in [-0.2, 0) is 12.8 Å². The van der Waals surface area contributed by atoms with Crippen LogP contribution < -0.4 is 15.0 Å². The van der Waals surface area contributed by atoms with E-state index in [-0.39, 0.29) is 5.56 Å². The van der Waals surface area contributed by atoms with Gasteiger partial charge in [0.25, 0.3) is 5.56 Å². The summed E-state index contributed by atoms with van der Waals surface area (Å²) in [4.78, 5) is 19.8. The highest BCUT2D eigenvalue weighted by atomic mass is 32.2. The Morgan fingerprint density at radius 1 is 1.23 bits per heavy atom. The van der Waals surface area contributed by atoms with Crippen molar-refractivity contribution in [3.8, 4) is 11.5 Å². The Hall–Kier alpha value is -2.55. The van der Waals surface area contributed by atoms with E-state index < -0.39 is 0 Å². The second-order valence-corrected chi connectivity index (χ2v) is 7.14. The van der Waals surface area contributed by atoms with Gasteiger partial charge in [-0.2, -0.15) is 0 Å². The van der Waals surface area contributed by atoms with Crippen molar-refractivity contribution in [1.29, 1.82) is 0 Å². The van der Waals surface area contributed by atoms with Crippen LogP contribution in [0.15, 0.2) is 22.1 Å². The van der Waals surface area contributed by atoms with E-state index in [0.29, 0.717) is 39.9 Å². The third-order valence-corrected chi connectivity index (χ3v) is 5.44. The van der Waals surface area contributed by atoms with Crippen LogP contribution >= 0.6 is 11.8 Å². The minimum Gasteiger partial charge on any atom is -0.493 e. The number of H-pyrrole nitrogens is 1. The molecule has 1 saturated carbocycles. The van der Waals surface area contributed by atoms with Crippen LogP contribution in [0.4, 0.5) is 0 Å². The largest absolute Gasteiger partial charge is 0.493 e. The summed E-state index contributed by atoms with van der Waals surface area (Å²) < 4.78 is 12.6. The first-order valence-electron chi connectivity index (χ1n) is 8.27. The molecule has 2 heterocycles. The van der Waals surface area contributed by atoms with E-state index in [1.807, 2.05) is 11.6 Å². The molecule has 3 aromatic rings. The maximum Gasteiger partial charge on any atom is 0.258 e. The molecule has 9 heteroatoms. The highest BCUT2D eigenvalue weighted by Crippen LogP contribution is 2.39. The predicted octanol–water partition coefficient (Wildman–Crippen LogP) is 2.24. The molecule has 0 amide bonds. The van der Waals surface area contributed by atoms with Crippen LogP contribution in [0.1, 0.15) is 30.4 Å². The number of fused-ring (bicyclic) bond motifs is 1. The van der Waals surface area contributed by atoms with Crippen molar-refractivity contribution in [1.82, 2.24) is 24.7 Å². The van der Waals surface area contributed by atoms with Crippen molar-refractivity contribution >= 4 is 22.7 Å². The van der Waals surface area contributed by atoms with E-state index in [9.17, 15) is 4.79 Å². The second-order valence-electron chi connectivity index (χ2n) is 6.20. The summed E-state index contributed by atoms with van der Waals surface area (Å²) in [6.45, 7) is 0. The minimum atomic E-state index is -0.205. The van der Waals surface area contributed by atoms with Gasteiger partial charge < -0.3 is 19.0 Å². The van der Waals surface area contributed by atoms with Crippen molar-refractivity contribution in [2.75, 3.05) is 14.2 Å². The Morgan fingerprint density at radius 3 is 2.65 bits per heavy atom. The van der Waals surface area contributed by atoms with E-state index in [1.54, 1.807) is 19.2 Å². The standard InChI is InChI=1S/C17H19N5O3S/c1-22-15(9-4-5-9)20-21-17(22)26-8-14-18-11-7-13(25-3)12(24-2)6-10(11)16(23)19-14/h6-7,9H,4-5,8H2,1-3H3,(H,18,19,23). The molecule has 8 nitrogen and oxygen atoms in total. The van der Waals surface area contributed by atoms with Crippen molar-refractivity contribution in [3.63, 3.8) is 0 Å². The lowest BCUT2D eigenvalue weighted by Crippen LogP contribution is -2.12. The summed E-state index contributed by atoms with van der Waals surface area (Å²) in [5.41, 5.74) is 0.363. The Kier molecular flexibility index (Phi) is 4.31. The molecule has 1 aliphatic rings. The number of nitrogens with zero attached hydrogens (tertiary/aromatic N) is 4. The molecule has 0 spiro atoms. The quantitative estimate of drug-likeness (QED) is 0.662. The van der Waals surface area contributed by atoms with Gasteiger partial charge in [0, 0.05) is 19.0 Å². The maximum absolute atomic E-state index is 12.4. The molecule has 1 aliphatic carbocycles. The van der Waals surface area contributed by atoms with Crippen LogP contribution in [0.3, 0.4) is 0 Å². The Bertz CT molecular complexity index is 1030. The van der Waals surface area contributed by atoms with Crippen LogP contribution in [0.5, 0.6) is 11.5 Å². The van der Waals surface area contributed by atoms with Crippen LogP contribution in [0, 0.1) is 0 Å². The minimum absolute atomic E-state index is 0.205. The second kappa shape index (κ2) is 6.64. The van der Waals surface area contributed by atoms with Crippen molar-refractivity contribution < 1.29 is 9.47 Å². The molecular weight excluding hydrogens is 354 g/mol. The maximum atomic E-state index is 12.4. The summed E-state index contributed by atoms with van der Waals surface area (Å²) in [6, 6.07) is 3.35. The van der Waals surface area contributed by atoms with Gasteiger partial charge >= 0.3 is 0 Å². The van der Waals surface area contributed by atoms with Gasteiger partial charge in [0.05, 0.1) is 30.9 Å². The molecule has 1 fully saturated rings. The van der Waals surface area contributed by atoms with Gasteiger partial charge in [-0.05, 0) is 18.9 Å². The molecule has 0 radical (unpaired) electrons. The molecule has 0 unspecified atom stereocenters. The van der Waals surface area contributed by atoms with Gasteiger partial charge in [-0.25, -0.2) is 4.98 Å². The molecule has 26 heavy (non-hydrogen) atoms. The van der Waals surface area contributed by atoms with Crippen molar-refractivity contribution in [2.24, 2.45) is 7.05 Å². The molecular formula is C17H19N5O3S. The number of rotatable bonds is 6. The zero-order valence-corrected chi connectivity index (χ0v) is 15.6. The summed E-state index contributed by atoms with van der Waals surface area (Å²) in [5, 5.41) is 9.80. The fraction of sp³-hybridized carbons (Fsp3) is 0.412. The third-order valence-electron chi connectivity index (χ3n) is 4.41. The molecule has 0 saturated heterocycles. The van der Waals surface area contributed by atoms with E-state index >= 15 is 0 Å². The number of hydrogen-bond donors (Lipinski definition) is 1. The van der Waals surface area contributed by atoms with Gasteiger partial charge in [0.15, 0.2) is 16.7 Å². The topological polar surface area (TPSA) is 94.9 Å². The smallest absolute Gasteiger partial charge is 0.258 e. The Morgan fingerprint density at radius 2 is 1.96 bits per heavy atom. The predicted molar refractivity (Wildman–Crippen MR) is 98.0 cm³/mol. The average Bonchev–Trinajstić information content (AvgIpc) is 3.42. The SMILES string of the molecule is COc1cc2nc(CSc3nnc(C4CC4)n3C)[nH]c(=O)c2cc1OC. The lowest BCUT2D eigenvalue weighted by molar-refractivity contribution is 0.355. The number of hydrogen-bond acceptors (Lipinski definition) is 7. The van der Waals surface area contributed by atoms with Gasteiger partial charge in [-0.15, -0.1) is 10.2 Å². The molecule has 0 atom stereocenters. The number of thioether (sulfide) groups is 1. The first kappa shape index (κ1) is 16.9. The molecule has 1 aromatic carbocycles. The fourth-order valence-electron chi connectivity index (χ4n) is 2.86. The van der Waals surface area contributed by atoms with E-state index in [0.717, 1.165) is 11.0 Å². The first-order valence-corrected chi connectivity index (χ1v) is 9.26. The molecule has 2 aromatic heterocycles. The van der Waals surface area contributed by atoms with Gasteiger partial charge in [-0.3, -0.25) is 4.79 Å². The highest BCUT2D eigenvalue weighted by Gasteiger charge is 2.29. The van der Waals surface area contributed by atoms with E-state index in [4.69, 9.17) is 9.47 Å². The zero-order valence-electron chi connectivity index (χ0n) is 14.8. The van der Waals surface area contributed by atoms with Crippen LogP contribution in [0.25, 0.3) is 10.9 Å². The summed E-state index contributed by atoms with van der Waals surface area (Å²) in [5.74, 6) is 3.69. The van der Waals surface area contributed by atoms with Crippen molar-refractivity contribution in [2.45, 2.75) is 29.7 Å². The number of methoxy groups -OCH3 is 2. The Balaban J connectivity index is 1.61. The van der Waals surface area contributed by atoms with Crippen LogP contribution in [-0.4, -0.2) is 39.0 Å². The molecule has 4 rings (SSSR count). The van der Waals surface area contributed by atoms with Crippen LogP contribution in [0.2, 0.25) is 0 Å². The third kappa shape index (κ3) is 3.03. The number of ether oxygens (including phenoxy) is 2. The number of aromatic amines is 1. The average molecular weight is 373 g/mol. The lowest BCUT2D eigenvalue weighted by Gasteiger charge is -2.09. The van der Waals surface area contributed by atoms with Gasteiger partial charge in [-0.1, -0.05) is 11.8 Å². The summed E-state index contributed by atoms with van der Waals surface area (Å²) >= 11 is 1.50. The van der Waals surface area contributed by atoms with Gasteiger partial charge in [0.2, 0.25) is 0 Å². The summed E-state index contributed by atoms with van der Waals surface area (Å²) in [6.07, 6.45) is 2.36. The monoisotopic (exact) mass is 373 g/mol. The number of benzene rings is 1. The van der Waals surface area contributed by atoms with Crippen molar-refractivity contribution in [3.05, 3.63) is 34.1 Å². The molecule has 0 aliphatic heterocycles. The summed E-state index contributed by atoms with van der Waals surface area (Å²) in [7, 11) is 5.07. The first-order chi connectivity index (χ1) is 12.6. The fourth-order valence-corrected chi connectivity index (χ4v) is 3.65. The van der Waals surface area contributed by atoms with Gasteiger partial charge in [0.1, 0.15) is 11.6 Å². The normalized spacial score (nSPS) is 14.0.